The molecule has 0 aromatic heterocycles. The molecule has 1 aromatic carbocycles. The first-order valence-electron chi connectivity index (χ1n) is 6.77. The summed E-state index contributed by atoms with van der Waals surface area (Å²) in [5.74, 6) is 0.556. The van der Waals surface area contributed by atoms with E-state index in [0.717, 1.165) is 18.4 Å². The van der Waals surface area contributed by atoms with Crippen molar-refractivity contribution >= 4 is 21.6 Å². The predicted octanol–water partition coefficient (Wildman–Crippen LogP) is 2.90. The van der Waals surface area contributed by atoms with Gasteiger partial charge >= 0.3 is 0 Å². The minimum absolute atomic E-state index is 0.102. The second-order valence-corrected chi connectivity index (χ2v) is 7.57. The molecule has 1 rings (SSSR count). The molecule has 1 unspecified atom stereocenters. The van der Waals surface area contributed by atoms with E-state index in [-0.39, 0.29) is 17.5 Å². The smallest absolute Gasteiger partial charge is 0.240 e. The van der Waals surface area contributed by atoms with Crippen LogP contribution in [0.1, 0.15) is 39.2 Å². The van der Waals surface area contributed by atoms with Crippen molar-refractivity contribution in [3.63, 3.8) is 0 Å². The molecule has 0 radical (unpaired) electrons. The van der Waals surface area contributed by atoms with Crippen LogP contribution in [0, 0.1) is 5.92 Å². The molecule has 0 spiro atoms. The Bertz CT molecular complexity index is 544. The third-order valence-electron chi connectivity index (χ3n) is 3.09. The molecule has 0 aliphatic heterocycles. The molecule has 0 fully saturated rings. The number of halogens is 1. The molecule has 0 aliphatic carbocycles. The Hall–Kier alpha value is -0.620. The number of rotatable bonds is 7. The van der Waals surface area contributed by atoms with Gasteiger partial charge in [0, 0.05) is 17.6 Å². The van der Waals surface area contributed by atoms with Gasteiger partial charge in [0.05, 0.1) is 4.90 Å². The van der Waals surface area contributed by atoms with Crippen molar-refractivity contribution in [2.24, 2.45) is 11.7 Å². The van der Waals surface area contributed by atoms with Crippen molar-refractivity contribution in [2.75, 3.05) is 0 Å². The second kappa shape index (κ2) is 7.41. The van der Waals surface area contributed by atoms with Crippen LogP contribution in [-0.4, -0.2) is 14.5 Å². The molecule has 0 amide bonds. The summed E-state index contributed by atoms with van der Waals surface area (Å²) in [5.41, 5.74) is 6.24. The van der Waals surface area contributed by atoms with Gasteiger partial charge in [-0.2, -0.15) is 0 Å². The van der Waals surface area contributed by atoms with Gasteiger partial charge in [-0.1, -0.05) is 31.5 Å². The Kier molecular flexibility index (Phi) is 6.45. The Morgan fingerprint density at radius 3 is 2.40 bits per heavy atom. The number of nitrogens with two attached hydrogens (primary N) is 1. The summed E-state index contributed by atoms with van der Waals surface area (Å²) in [5, 5.41) is 0.380. The minimum atomic E-state index is -3.53. The minimum Gasteiger partial charge on any atom is -0.326 e. The number of hydrogen-bond donors (Lipinski definition) is 2. The van der Waals surface area contributed by atoms with Gasteiger partial charge in [-0.05, 0) is 43.4 Å². The average Bonchev–Trinajstić information content (AvgIpc) is 2.35. The lowest BCUT2D eigenvalue weighted by atomic mass is 10.1. The summed E-state index contributed by atoms with van der Waals surface area (Å²) in [6.07, 6.45) is 1.79. The van der Waals surface area contributed by atoms with Crippen molar-refractivity contribution in [3.05, 3.63) is 28.8 Å². The van der Waals surface area contributed by atoms with Gasteiger partial charge < -0.3 is 5.73 Å². The third kappa shape index (κ3) is 5.05. The maximum Gasteiger partial charge on any atom is 0.240 e. The van der Waals surface area contributed by atoms with E-state index in [1.165, 1.54) is 12.1 Å². The lowest BCUT2D eigenvalue weighted by Gasteiger charge is -2.15. The summed E-state index contributed by atoms with van der Waals surface area (Å²) in [6, 6.07) is 4.53. The van der Waals surface area contributed by atoms with E-state index < -0.39 is 10.0 Å². The largest absolute Gasteiger partial charge is 0.326 e. The molecule has 0 bridgehead atoms. The fraction of sp³-hybridized carbons (Fsp3) is 0.571. The fourth-order valence-electron chi connectivity index (χ4n) is 1.84. The van der Waals surface area contributed by atoms with Crippen LogP contribution >= 0.6 is 11.6 Å². The summed E-state index contributed by atoms with van der Waals surface area (Å²) in [4.78, 5) is 0.177. The zero-order valence-corrected chi connectivity index (χ0v) is 13.8. The van der Waals surface area contributed by atoms with Crippen molar-refractivity contribution in [3.8, 4) is 0 Å². The number of nitrogens with one attached hydrogen (secondary N) is 1. The van der Waals surface area contributed by atoms with Crippen LogP contribution in [0.4, 0.5) is 0 Å². The summed E-state index contributed by atoms with van der Waals surface area (Å²) < 4.78 is 27.2. The van der Waals surface area contributed by atoms with Gasteiger partial charge in [0.25, 0.3) is 0 Å². The van der Waals surface area contributed by atoms with E-state index in [0.29, 0.717) is 10.9 Å². The summed E-state index contributed by atoms with van der Waals surface area (Å²) in [7, 11) is -3.53. The van der Waals surface area contributed by atoms with E-state index in [1.54, 1.807) is 6.07 Å². The van der Waals surface area contributed by atoms with Crippen LogP contribution < -0.4 is 10.5 Å². The first-order valence-corrected chi connectivity index (χ1v) is 8.63. The molecule has 0 aliphatic rings. The van der Waals surface area contributed by atoms with E-state index in [9.17, 15) is 8.42 Å². The molecule has 1 atom stereocenters. The van der Waals surface area contributed by atoms with E-state index in [4.69, 9.17) is 17.3 Å². The first-order chi connectivity index (χ1) is 9.26. The van der Waals surface area contributed by atoms with Crippen LogP contribution in [0.5, 0.6) is 0 Å². The van der Waals surface area contributed by atoms with Gasteiger partial charge in [-0.25, -0.2) is 13.1 Å². The topological polar surface area (TPSA) is 72.2 Å². The Labute approximate surface area is 126 Å². The van der Waals surface area contributed by atoms with Gasteiger partial charge in [0.1, 0.15) is 0 Å². The first kappa shape index (κ1) is 17.4. The van der Waals surface area contributed by atoms with Crippen molar-refractivity contribution < 1.29 is 8.42 Å². The standard InChI is InChI=1S/C14H23ClN2O2S/c1-10(2)4-5-11(3)17-20(18,19)13-7-6-12(9-16)14(15)8-13/h6-8,10-11,17H,4-5,9,16H2,1-3H3. The van der Waals surface area contributed by atoms with Gasteiger partial charge in [-0.15, -0.1) is 0 Å². The Morgan fingerprint density at radius 1 is 1.25 bits per heavy atom. The van der Waals surface area contributed by atoms with Gasteiger partial charge in [0.2, 0.25) is 10.0 Å². The Balaban J connectivity index is 2.81. The third-order valence-corrected chi connectivity index (χ3v) is 5.03. The maximum absolute atomic E-state index is 12.2. The molecule has 20 heavy (non-hydrogen) atoms. The van der Waals surface area contributed by atoms with Crippen molar-refractivity contribution in [1.82, 2.24) is 4.72 Å². The van der Waals surface area contributed by atoms with Crippen LogP contribution in [0.2, 0.25) is 5.02 Å². The lowest BCUT2D eigenvalue weighted by Crippen LogP contribution is -2.32. The molecule has 114 valence electrons. The number of hydrogen-bond acceptors (Lipinski definition) is 3. The van der Waals surface area contributed by atoms with Crippen LogP contribution in [0.15, 0.2) is 23.1 Å². The molecule has 0 saturated heterocycles. The number of benzene rings is 1. The molecule has 3 N–H and O–H groups in total. The predicted molar refractivity (Wildman–Crippen MR) is 83.2 cm³/mol. The van der Waals surface area contributed by atoms with E-state index in [2.05, 4.69) is 18.6 Å². The zero-order chi connectivity index (χ0) is 15.3. The number of sulfonamides is 1. The second-order valence-electron chi connectivity index (χ2n) is 5.45. The summed E-state index contributed by atoms with van der Waals surface area (Å²) >= 11 is 6.00. The highest BCUT2D eigenvalue weighted by atomic mass is 35.5. The molecular weight excluding hydrogens is 296 g/mol. The lowest BCUT2D eigenvalue weighted by molar-refractivity contribution is 0.485. The van der Waals surface area contributed by atoms with Crippen molar-refractivity contribution in [1.29, 1.82) is 0 Å². The monoisotopic (exact) mass is 318 g/mol. The molecule has 6 heteroatoms. The van der Waals surface area contributed by atoms with Crippen LogP contribution in [-0.2, 0) is 16.6 Å². The van der Waals surface area contributed by atoms with Crippen LogP contribution in [0.25, 0.3) is 0 Å². The quantitative estimate of drug-likeness (QED) is 0.812. The highest BCUT2D eigenvalue weighted by molar-refractivity contribution is 7.89. The molecule has 1 aromatic rings. The van der Waals surface area contributed by atoms with E-state index in [1.807, 2.05) is 6.92 Å². The zero-order valence-electron chi connectivity index (χ0n) is 12.2. The summed E-state index contributed by atoms with van der Waals surface area (Å²) in [6.45, 7) is 6.40. The average molecular weight is 319 g/mol. The maximum atomic E-state index is 12.2. The highest BCUT2D eigenvalue weighted by Gasteiger charge is 2.18. The Morgan fingerprint density at radius 2 is 1.90 bits per heavy atom. The van der Waals surface area contributed by atoms with Gasteiger partial charge in [-0.3, -0.25) is 0 Å². The van der Waals surface area contributed by atoms with Crippen molar-refractivity contribution in [2.45, 2.75) is 51.1 Å². The van der Waals surface area contributed by atoms with Gasteiger partial charge in [0.15, 0.2) is 0 Å². The fourth-order valence-corrected chi connectivity index (χ4v) is 3.46. The SMILES string of the molecule is CC(C)CCC(C)NS(=O)(=O)c1ccc(CN)c(Cl)c1. The van der Waals surface area contributed by atoms with Crippen LogP contribution in [0.3, 0.4) is 0 Å². The normalized spacial score (nSPS) is 13.7. The highest BCUT2D eigenvalue weighted by Crippen LogP contribution is 2.21. The van der Waals surface area contributed by atoms with E-state index >= 15 is 0 Å². The molecule has 4 nitrogen and oxygen atoms in total. The molecule has 0 saturated carbocycles. The molecule has 0 heterocycles. The molecular formula is C14H23ClN2O2S.